The van der Waals surface area contributed by atoms with Crippen LogP contribution in [0.5, 0.6) is 0 Å². The Morgan fingerprint density at radius 2 is 2.30 bits per heavy atom. The smallest absolute Gasteiger partial charge is 0.338 e. The molecule has 9 heteroatoms. The molecule has 0 radical (unpaired) electrons. The molecule has 0 saturated heterocycles. The van der Waals surface area contributed by atoms with Crippen LogP contribution in [0.3, 0.4) is 0 Å². The van der Waals surface area contributed by atoms with Crippen LogP contribution in [-0.4, -0.2) is 28.7 Å². The van der Waals surface area contributed by atoms with Crippen LogP contribution < -0.4 is 5.32 Å². The second-order valence-corrected chi connectivity index (χ2v) is 7.65. The molecule has 0 bridgehead atoms. The number of thiazole rings is 1. The Morgan fingerprint density at radius 3 is 2.93 bits per heavy atom. The minimum absolute atomic E-state index is 0.198. The highest BCUT2D eigenvalue weighted by Gasteiger charge is 2.33. The number of esters is 1. The number of carbonyl (C=O) groups is 1. The minimum Gasteiger partial charge on any atom is -0.463 e. The molecule has 1 atom stereocenters. The Labute approximate surface area is 173 Å². The largest absolute Gasteiger partial charge is 0.463 e. The van der Waals surface area contributed by atoms with Gasteiger partial charge in [-0.25, -0.2) is 14.2 Å². The molecule has 3 rings (SSSR count). The van der Waals surface area contributed by atoms with E-state index in [4.69, 9.17) is 16.3 Å². The van der Waals surface area contributed by atoms with Gasteiger partial charge in [-0.05, 0) is 25.5 Å². The van der Waals surface area contributed by atoms with Crippen molar-refractivity contribution >= 4 is 50.7 Å². The molecule has 1 N–H and O–H groups in total. The van der Waals surface area contributed by atoms with Crippen LogP contribution in [0.15, 0.2) is 46.0 Å². The molecule has 142 valence electrons. The van der Waals surface area contributed by atoms with Crippen LogP contribution in [0.1, 0.15) is 30.0 Å². The van der Waals surface area contributed by atoms with Gasteiger partial charge in [0.1, 0.15) is 11.9 Å². The van der Waals surface area contributed by atoms with E-state index in [1.54, 1.807) is 19.2 Å². The zero-order valence-electron chi connectivity index (χ0n) is 14.3. The molecule has 1 aliphatic rings. The third-order valence-electron chi connectivity index (χ3n) is 3.86. The number of hydrogen-bond acceptors (Lipinski definition) is 6. The maximum atomic E-state index is 13.5. The lowest BCUT2D eigenvalue weighted by Gasteiger charge is -2.27. The summed E-state index contributed by atoms with van der Waals surface area (Å²) in [5.74, 6) is -0.392. The molecule has 1 aromatic carbocycles. The summed E-state index contributed by atoms with van der Waals surface area (Å²) in [5.41, 5.74) is 1.57. The quantitative estimate of drug-likeness (QED) is 0.492. The van der Waals surface area contributed by atoms with Gasteiger partial charge in [-0.3, -0.25) is 4.99 Å². The van der Waals surface area contributed by atoms with Gasteiger partial charge in [-0.15, -0.1) is 11.3 Å². The summed E-state index contributed by atoms with van der Waals surface area (Å²) in [6.07, 6.45) is 2.23. The number of halogens is 3. The molecule has 27 heavy (non-hydrogen) atoms. The number of ether oxygens (including phenoxy) is 1. The van der Waals surface area contributed by atoms with Gasteiger partial charge < -0.3 is 10.1 Å². The monoisotopic (exact) mass is 471 g/mol. The predicted octanol–water partition coefficient (Wildman–Crippen LogP) is 4.63. The highest BCUT2D eigenvalue weighted by Crippen LogP contribution is 2.37. The Balaban J connectivity index is 2.16. The number of amidine groups is 1. The van der Waals surface area contributed by atoms with Gasteiger partial charge in [0, 0.05) is 33.2 Å². The van der Waals surface area contributed by atoms with Crippen molar-refractivity contribution in [1.29, 1.82) is 0 Å². The van der Waals surface area contributed by atoms with Crippen molar-refractivity contribution in [2.45, 2.75) is 19.4 Å². The molecular weight excluding hydrogens is 457 g/mol. The van der Waals surface area contributed by atoms with Crippen molar-refractivity contribution < 1.29 is 13.9 Å². The van der Waals surface area contributed by atoms with E-state index in [1.807, 2.05) is 5.38 Å². The molecule has 0 fully saturated rings. The highest BCUT2D eigenvalue weighted by atomic mass is 79.9. The van der Waals surface area contributed by atoms with Gasteiger partial charge in [0.25, 0.3) is 0 Å². The van der Waals surface area contributed by atoms with E-state index in [0.717, 1.165) is 0 Å². The molecule has 1 aliphatic heterocycles. The maximum absolute atomic E-state index is 13.5. The van der Waals surface area contributed by atoms with Gasteiger partial charge in [0.05, 0.1) is 12.2 Å². The van der Waals surface area contributed by atoms with Crippen LogP contribution in [0, 0.1) is 5.82 Å². The van der Waals surface area contributed by atoms with Crippen molar-refractivity contribution in [1.82, 2.24) is 10.3 Å². The number of allylic oxidation sites excluding steroid dienone is 1. The molecule has 0 aliphatic carbocycles. The fraction of sp³-hybridized carbons (Fsp3) is 0.278. The first-order valence-corrected chi connectivity index (χ1v) is 10.6. The zero-order valence-corrected chi connectivity index (χ0v) is 17.5. The van der Waals surface area contributed by atoms with Gasteiger partial charge in [-0.1, -0.05) is 33.6 Å². The Morgan fingerprint density at radius 1 is 1.48 bits per heavy atom. The van der Waals surface area contributed by atoms with Crippen molar-refractivity contribution in [3.63, 3.8) is 0 Å². The van der Waals surface area contributed by atoms with E-state index in [1.165, 1.54) is 23.5 Å². The molecule has 0 saturated carbocycles. The Bertz CT molecular complexity index is 902. The third-order valence-corrected chi connectivity index (χ3v) is 5.36. The second-order valence-electron chi connectivity index (χ2n) is 5.56. The normalized spacial score (nSPS) is 16.7. The Kier molecular flexibility index (Phi) is 6.62. The van der Waals surface area contributed by atoms with Crippen molar-refractivity contribution in [3.8, 4) is 0 Å². The van der Waals surface area contributed by atoms with Crippen LogP contribution in [0.4, 0.5) is 4.39 Å². The Hall–Kier alpha value is -1.77. The molecule has 5 nitrogen and oxygen atoms in total. The first kappa shape index (κ1) is 20.0. The SMILES string of the molecule is CCOC(=O)C1=C(CCBr)NC(c2nccs2)=NC1c1ccc(F)cc1Cl. The predicted molar refractivity (Wildman–Crippen MR) is 108 cm³/mol. The third kappa shape index (κ3) is 4.39. The van der Waals surface area contributed by atoms with Crippen LogP contribution in [0.25, 0.3) is 0 Å². The van der Waals surface area contributed by atoms with Crippen molar-refractivity contribution in [2.75, 3.05) is 11.9 Å². The summed E-state index contributed by atoms with van der Waals surface area (Å²) in [5, 5.41) is 6.57. The van der Waals surface area contributed by atoms with Crippen molar-refractivity contribution in [2.24, 2.45) is 4.99 Å². The number of nitrogens with one attached hydrogen (secondary N) is 1. The van der Waals surface area contributed by atoms with Gasteiger partial charge in [0.15, 0.2) is 10.8 Å². The van der Waals surface area contributed by atoms with E-state index >= 15 is 0 Å². The number of alkyl halides is 1. The number of benzene rings is 1. The highest BCUT2D eigenvalue weighted by molar-refractivity contribution is 9.09. The molecule has 0 amide bonds. The number of nitrogens with zero attached hydrogens (tertiary/aromatic N) is 2. The molecule has 1 unspecified atom stereocenters. The minimum atomic E-state index is -0.716. The average Bonchev–Trinajstić information content (AvgIpc) is 3.16. The average molecular weight is 473 g/mol. The number of carbonyl (C=O) groups excluding carboxylic acids is 1. The lowest BCUT2D eigenvalue weighted by molar-refractivity contribution is -0.139. The van der Waals surface area contributed by atoms with E-state index in [-0.39, 0.29) is 11.6 Å². The summed E-state index contributed by atoms with van der Waals surface area (Å²) < 4.78 is 18.8. The number of aliphatic imine (C=N–C) groups is 1. The summed E-state index contributed by atoms with van der Waals surface area (Å²) in [7, 11) is 0. The molecule has 0 spiro atoms. The molecule has 1 aromatic heterocycles. The van der Waals surface area contributed by atoms with E-state index in [9.17, 15) is 9.18 Å². The first-order valence-electron chi connectivity index (χ1n) is 8.20. The molecular formula is C18H16BrClFN3O2S. The van der Waals surface area contributed by atoms with E-state index in [0.29, 0.717) is 39.4 Å². The number of rotatable bonds is 6. The summed E-state index contributed by atoms with van der Waals surface area (Å²) in [6, 6.07) is 3.34. The standard InChI is InChI=1S/C18H16BrClFN3O2S/c1-2-26-18(25)14-13(5-6-19)23-16(17-22-7-8-27-17)24-15(14)11-4-3-10(21)9-12(11)20/h3-4,7-9,15H,2,5-6H2,1H3,(H,23,24). The van der Waals surface area contributed by atoms with Crippen LogP contribution in [-0.2, 0) is 9.53 Å². The van der Waals surface area contributed by atoms with E-state index in [2.05, 4.69) is 31.2 Å². The van der Waals surface area contributed by atoms with Crippen LogP contribution in [0.2, 0.25) is 5.02 Å². The lowest BCUT2D eigenvalue weighted by Crippen LogP contribution is -2.34. The fourth-order valence-corrected chi connectivity index (χ4v) is 3.99. The number of hydrogen-bond donors (Lipinski definition) is 1. The summed E-state index contributed by atoms with van der Waals surface area (Å²) in [6.45, 7) is 1.97. The topological polar surface area (TPSA) is 63.6 Å². The van der Waals surface area contributed by atoms with Crippen LogP contribution >= 0.6 is 38.9 Å². The fourth-order valence-electron chi connectivity index (χ4n) is 2.73. The second kappa shape index (κ2) is 8.95. The number of aromatic nitrogens is 1. The lowest BCUT2D eigenvalue weighted by atomic mass is 9.94. The summed E-state index contributed by atoms with van der Waals surface area (Å²) in [4.78, 5) is 21.7. The molecule has 2 aromatic rings. The maximum Gasteiger partial charge on any atom is 0.338 e. The summed E-state index contributed by atoms with van der Waals surface area (Å²) >= 11 is 11.1. The first-order chi connectivity index (χ1) is 13.0. The van der Waals surface area contributed by atoms with Gasteiger partial charge >= 0.3 is 5.97 Å². The zero-order chi connectivity index (χ0) is 19.4. The van der Waals surface area contributed by atoms with Gasteiger partial charge in [-0.2, -0.15) is 0 Å². The van der Waals surface area contributed by atoms with Crippen molar-refractivity contribution in [3.05, 3.63) is 62.5 Å². The van der Waals surface area contributed by atoms with Gasteiger partial charge in [0.2, 0.25) is 0 Å². The molecule has 2 heterocycles. The van der Waals surface area contributed by atoms with E-state index < -0.39 is 17.8 Å².